The largest absolute Gasteiger partial charge is 0.309 e. The third-order valence-electron chi connectivity index (χ3n) is 9.74. The van der Waals surface area contributed by atoms with Gasteiger partial charge < -0.3 is 4.57 Å². The molecule has 0 amide bonds. The van der Waals surface area contributed by atoms with Gasteiger partial charge in [0.1, 0.15) is 0 Å². The van der Waals surface area contributed by atoms with Crippen LogP contribution in [0.4, 0.5) is 0 Å². The fraction of sp³-hybridized carbons (Fsp3) is 0. The zero-order valence-corrected chi connectivity index (χ0v) is 29.2. The normalized spacial score (nSPS) is 12.2. The van der Waals surface area contributed by atoms with Crippen LogP contribution in [0.3, 0.4) is 0 Å². The van der Waals surface area contributed by atoms with Crippen molar-refractivity contribution in [3.8, 4) is 50.3 Å². The zero-order chi connectivity index (χ0) is 33.7. The molecule has 9 aromatic rings. The average molecular weight is 687 g/mol. The second-order valence-corrected chi connectivity index (χ2v) is 14.9. The first kappa shape index (κ1) is 30.1. The Hall–Kier alpha value is -5.81. The summed E-state index contributed by atoms with van der Waals surface area (Å²) >= 11 is 3.70. The highest BCUT2D eigenvalue weighted by Gasteiger charge is 2.24. The molecule has 0 spiro atoms. The smallest absolute Gasteiger partial charge is 0.0702 e. The van der Waals surface area contributed by atoms with E-state index in [-0.39, 0.29) is 0 Å². The van der Waals surface area contributed by atoms with Gasteiger partial charge in [0.2, 0.25) is 0 Å². The van der Waals surface area contributed by atoms with E-state index in [1.165, 1.54) is 74.8 Å². The van der Waals surface area contributed by atoms with Crippen molar-refractivity contribution in [1.82, 2.24) is 9.55 Å². The van der Waals surface area contributed by atoms with Gasteiger partial charge in [-0.2, -0.15) is 0 Å². The molecule has 0 N–H and O–H groups in total. The summed E-state index contributed by atoms with van der Waals surface area (Å²) in [5, 5.41) is 2.50. The molecule has 0 fully saturated rings. The highest BCUT2D eigenvalue weighted by molar-refractivity contribution is 8.00. The molecule has 0 bridgehead atoms. The molecule has 51 heavy (non-hydrogen) atoms. The summed E-state index contributed by atoms with van der Waals surface area (Å²) in [6.07, 6.45) is 1.87. The first-order valence-corrected chi connectivity index (χ1v) is 18.8. The van der Waals surface area contributed by atoms with Gasteiger partial charge in [-0.05, 0) is 76.9 Å². The van der Waals surface area contributed by atoms with E-state index in [1.54, 1.807) is 0 Å². The van der Waals surface area contributed by atoms with Crippen molar-refractivity contribution in [3.05, 3.63) is 182 Å². The Kier molecular flexibility index (Phi) is 7.37. The van der Waals surface area contributed by atoms with Crippen LogP contribution >= 0.6 is 23.5 Å². The summed E-state index contributed by atoms with van der Waals surface area (Å²) in [5.41, 5.74) is 13.0. The second kappa shape index (κ2) is 12.5. The summed E-state index contributed by atoms with van der Waals surface area (Å²) < 4.78 is 2.44. The minimum absolute atomic E-state index is 0.969. The number of hydrogen-bond acceptors (Lipinski definition) is 3. The van der Waals surface area contributed by atoms with Crippen LogP contribution in [0.2, 0.25) is 0 Å². The maximum absolute atomic E-state index is 4.73. The van der Waals surface area contributed by atoms with Gasteiger partial charge in [0.05, 0.1) is 16.7 Å². The first-order valence-electron chi connectivity index (χ1n) is 17.1. The molecule has 1 aliphatic rings. The molecule has 10 rings (SSSR count). The SMILES string of the molecule is c1ccc(-n2c3ccccc3c3cccc(-c4cccc5c4-c4ccc(-c6ccccn6)cc4Sc4ccccc4-c4ccccc4S5)c32)cc1. The summed E-state index contributed by atoms with van der Waals surface area (Å²) in [6, 6.07) is 63.8. The van der Waals surface area contributed by atoms with E-state index in [9.17, 15) is 0 Å². The second-order valence-electron chi connectivity index (χ2n) is 12.7. The van der Waals surface area contributed by atoms with E-state index in [0.717, 1.165) is 16.9 Å². The van der Waals surface area contributed by atoms with E-state index in [1.807, 2.05) is 35.8 Å². The van der Waals surface area contributed by atoms with Gasteiger partial charge in [-0.1, -0.05) is 145 Å². The maximum Gasteiger partial charge on any atom is 0.0702 e. The number of para-hydroxylation sites is 3. The average Bonchev–Trinajstić information content (AvgIpc) is 3.54. The van der Waals surface area contributed by atoms with Crippen LogP contribution in [-0.2, 0) is 0 Å². The highest BCUT2D eigenvalue weighted by Crippen LogP contribution is 2.52. The van der Waals surface area contributed by atoms with E-state index in [2.05, 4.69) is 174 Å². The van der Waals surface area contributed by atoms with Crippen LogP contribution in [0.5, 0.6) is 0 Å². The molecule has 2 aromatic heterocycles. The first-order chi connectivity index (χ1) is 25.3. The molecule has 0 saturated heterocycles. The third-order valence-corrected chi connectivity index (χ3v) is 12.0. The fourth-order valence-corrected chi connectivity index (χ4v) is 9.78. The lowest BCUT2D eigenvalue weighted by Gasteiger charge is -2.23. The molecule has 0 atom stereocenters. The number of hydrogen-bond donors (Lipinski definition) is 0. The topological polar surface area (TPSA) is 17.8 Å². The summed E-state index contributed by atoms with van der Waals surface area (Å²) in [5.74, 6) is 0. The zero-order valence-electron chi connectivity index (χ0n) is 27.5. The number of aromatic nitrogens is 2. The molecule has 7 aromatic carbocycles. The van der Waals surface area contributed by atoms with Crippen molar-refractivity contribution >= 4 is 45.3 Å². The van der Waals surface area contributed by atoms with Gasteiger partial charge in [0.15, 0.2) is 0 Å². The Labute approximate surface area is 305 Å². The van der Waals surface area contributed by atoms with Crippen molar-refractivity contribution in [1.29, 1.82) is 0 Å². The van der Waals surface area contributed by atoms with Gasteiger partial charge >= 0.3 is 0 Å². The molecule has 0 saturated carbocycles. The molecular formula is C47H30N2S2. The minimum Gasteiger partial charge on any atom is -0.309 e. The van der Waals surface area contributed by atoms with Crippen LogP contribution in [0.25, 0.3) is 72.1 Å². The van der Waals surface area contributed by atoms with E-state index < -0.39 is 0 Å². The van der Waals surface area contributed by atoms with Gasteiger partial charge in [-0.15, -0.1) is 0 Å². The molecule has 2 nitrogen and oxygen atoms in total. The van der Waals surface area contributed by atoms with Crippen LogP contribution in [0.1, 0.15) is 0 Å². The quantitative estimate of drug-likeness (QED) is 0.184. The number of nitrogens with zero attached hydrogens (tertiary/aromatic N) is 2. The van der Waals surface area contributed by atoms with Gasteiger partial charge in [0, 0.05) is 58.9 Å². The highest BCUT2D eigenvalue weighted by atomic mass is 32.2. The van der Waals surface area contributed by atoms with Crippen molar-refractivity contribution in [2.75, 3.05) is 0 Å². The lowest BCUT2D eigenvalue weighted by molar-refractivity contribution is 1.18. The number of fused-ring (bicyclic) bond motifs is 9. The predicted molar refractivity (Wildman–Crippen MR) is 215 cm³/mol. The van der Waals surface area contributed by atoms with Crippen LogP contribution in [0, 0.1) is 0 Å². The Balaban J connectivity index is 1.31. The minimum atomic E-state index is 0.969. The molecule has 4 heteroatoms. The molecule has 0 unspecified atom stereocenters. The Morgan fingerprint density at radius 3 is 1.84 bits per heavy atom. The fourth-order valence-electron chi connectivity index (χ4n) is 7.50. The van der Waals surface area contributed by atoms with Gasteiger partial charge in [-0.25, -0.2) is 0 Å². The van der Waals surface area contributed by atoms with Crippen molar-refractivity contribution in [2.45, 2.75) is 19.6 Å². The van der Waals surface area contributed by atoms with E-state index >= 15 is 0 Å². The lowest BCUT2D eigenvalue weighted by atomic mass is 9.92. The molecular weight excluding hydrogens is 657 g/mol. The van der Waals surface area contributed by atoms with Gasteiger partial charge in [0.25, 0.3) is 0 Å². The van der Waals surface area contributed by atoms with E-state index in [0.29, 0.717) is 0 Å². The Morgan fingerprint density at radius 2 is 1.04 bits per heavy atom. The lowest BCUT2D eigenvalue weighted by Crippen LogP contribution is -1.98. The summed E-state index contributed by atoms with van der Waals surface area (Å²) in [4.78, 5) is 9.64. The summed E-state index contributed by atoms with van der Waals surface area (Å²) in [7, 11) is 0. The van der Waals surface area contributed by atoms with Crippen molar-refractivity contribution in [2.24, 2.45) is 0 Å². The van der Waals surface area contributed by atoms with Crippen LogP contribution < -0.4 is 0 Å². The van der Waals surface area contributed by atoms with Crippen LogP contribution in [-0.4, -0.2) is 9.55 Å². The summed E-state index contributed by atoms with van der Waals surface area (Å²) in [6.45, 7) is 0. The predicted octanol–water partition coefficient (Wildman–Crippen LogP) is 13.5. The standard InChI is InChI=1S/C47H30N2S2/c1-2-14-32(15-3-1)49-41-23-7-4-16-33(41)37-20-12-21-38(47(37)49)36-19-13-26-44-46(36)39-28-27-31(40-22-10-11-29-48-40)30-45(39)51-43-25-9-6-18-35(43)34-17-5-8-24-42(34)50-44/h1-30H. The van der Waals surface area contributed by atoms with Gasteiger partial charge in [-0.3, -0.25) is 4.98 Å². The molecule has 1 aliphatic heterocycles. The number of benzene rings is 7. The Morgan fingerprint density at radius 1 is 0.412 bits per heavy atom. The maximum atomic E-state index is 4.73. The monoisotopic (exact) mass is 686 g/mol. The van der Waals surface area contributed by atoms with Crippen LogP contribution in [0.15, 0.2) is 202 Å². The van der Waals surface area contributed by atoms with E-state index in [4.69, 9.17) is 4.98 Å². The molecule has 0 radical (unpaired) electrons. The molecule has 3 heterocycles. The Bertz CT molecular complexity index is 2750. The number of rotatable bonds is 3. The molecule has 0 aliphatic carbocycles. The number of pyridine rings is 1. The van der Waals surface area contributed by atoms with Crippen molar-refractivity contribution in [3.63, 3.8) is 0 Å². The third kappa shape index (κ3) is 5.10. The van der Waals surface area contributed by atoms with Crippen molar-refractivity contribution < 1.29 is 0 Å². The molecule has 240 valence electrons.